The first-order chi connectivity index (χ1) is 20.5. The SMILES string of the molecule is CCCOc1ccc(-c2ccc([C@@H](Oc3cc(N4CCC5(CC4)CN[C@H](C(=O)O)C5)nc(N)n3)C(F)(F)F)cc2)cc1F. The Labute approximate surface area is 246 Å². The largest absolute Gasteiger partial charge is 0.491 e. The first-order valence-electron chi connectivity index (χ1n) is 14.1. The van der Waals surface area contributed by atoms with Gasteiger partial charge in [0.15, 0.2) is 11.6 Å². The van der Waals surface area contributed by atoms with E-state index in [1.807, 2.05) is 11.8 Å². The maximum atomic E-state index is 14.4. The number of hydrogen-bond donors (Lipinski definition) is 3. The molecule has 0 bridgehead atoms. The van der Waals surface area contributed by atoms with Gasteiger partial charge in [0.25, 0.3) is 0 Å². The number of hydrogen-bond acceptors (Lipinski definition) is 8. The van der Waals surface area contributed by atoms with Crippen LogP contribution in [0.15, 0.2) is 48.5 Å². The monoisotopic (exact) mass is 603 g/mol. The van der Waals surface area contributed by atoms with Gasteiger partial charge in [0.2, 0.25) is 17.9 Å². The third kappa shape index (κ3) is 6.93. The van der Waals surface area contributed by atoms with Gasteiger partial charge in [-0.25, -0.2) is 4.39 Å². The number of nitrogens with one attached hydrogen (secondary N) is 1. The van der Waals surface area contributed by atoms with Gasteiger partial charge in [-0.2, -0.15) is 23.1 Å². The summed E-state index contributed by atoms with van der Waals surface area (Å²) >= 11 is 0. The Balaban J connectivity index is 1.30. The maximum Gasteiger partial charge on any atom is 0.429 e. The Hall–Kier alpha value is -4.13. The van der Waals surface area contributed by atoms with Crippen molar-refractivity contribution < 1.29 is 36.9 Å². The molecule has 9 nitrogen and oxygen atoms in total. The van der Waals surface area contributed by atoms with Gasteiger partial charge in [0.1, 0.15) is 11.9 Å². The predicted octanol–water partition coefficient (Wildman–Crippen LogP) is 5.37. The molecule has 43 heavy (non-hydrogen) atoms. The molecule has 13 heteroatoms. The van der Waals surface area contributed by atoms with Crippen LogP contribution >= 0.6 is 0 Å². The molecule has 4 N–H and O–H groups in total. The summed E-state index contributed by atoms with van der Waals surface area (Å²) in [4.78, 5) is 21.4. The second-order valence-electron chi connectivity index (χ2n) is 11.0. The number of halogens is 4. The summed E-state index contributed by atoms with van der Waals surface area (Å²) in [6.45, 7) is 3.93. The number of aliphatic carboxylic acids is 1. The van der Waals surface area contributed by atoms with E-state index in [4.69, 9.17) is 15.2 Å². The molecule has 0 aliphatic carbocycles. The van der Waals surface area contributed by atoms with Gasteiger partial charge in [-0.3, -0.25) is 4.79 Å². The van der Waals surface area contributed by atoms with Crippen LogP contribution in [0.5, 0.6) is 11.6 Å². The van der Waals surface area contributed by atoms with E-state index in [0.717, 1.165) is 6.42 Å². The average Bonchev–Trinajstić information content (AvgIpc) is 3.38. The van der Waals surface area contributed by atoms with Crippen molar-refractivity contribution in [2.75, 3.05) is 36.9 Å². The van der Waals surface area contributed by atoms with Crippen LogP contribution in [0.25, 0.3) is 11.1 Å². The lowest BCUT2D eigenvalue weighted by Gasteiger charge is -2.39. The Morgan fingerprint density at radius 1 is 1.14 bits per heavy atom. The number of ether oxygens (including phenoxy) is 2. The number of aromatic nitrogens is 2. The van der Waals surface area contributed by atoms with E-state index in [1.165, 1.54) is 42.5 Å². The van der Waals surface area contributed by atoms with Gasteiger partial charge < -0.3 is 30.5 Å². The van der Waals surface area contributed by atoms with Crippen LogP contribution in [-0.4, -0.2) is 59.5 Å². The third-order valence-corrected chi connectivity index (χ3v) is 7.99. The molecule has 2 aromatic carbocycles. The number of alkyl halides is 3. The molecule has 0 saturated carbocycles. The summed E-state index contributed by atoms with van der Waals surface area (Å²) in [5.74, 6) is -1.54. The van der Waals surface area contributed by atoms with Gasteiger partial charge in [0, 0.05) is 31.3 Å². The molecule has 0 amide bonds. The van der Waals surface area contributed by atoms with Crippen LogP contribution in [0, 0.1) is 11.2 Å². The Kier molecular flexibility index (Phi) is 8.63. The molecule has 2 atom stereocenters. The van der Waals surface area contributed by atoms with Gasteiger partial charge in [-0.15, -0.1) is 0 Å². The number of piperidine rings is 1. The molecule has 3 heterocycles. The van der Waals surface area contributed by atoms with E-state index in [-0.39, 0.29) is 28.6 Å². The second kappa shape index (κ2) is 12.2. The fraction of sp³-hybridized carbons (Fsp3) is 0.433. The quantitative estimate of drug-likeness (QED) is 0.277. The summed E-state index contributed by atoms with van der Waals surface area (Å²) in [6, 6.07) is 10.7. The van der Waals surface area contributed by atoms with E-state index in [0.29, 0.717) is 62.4 Å². The van der Waals surface area contributed by atoms with E-state index in [1.54, 1.807) is 6.07 Å². The summed E-state index contributed by atoms with van der Waals surface area (Å²) in [5.41, 5.74) is 6.56. The van der Waals surface area contributed by atoms with E-state index < -0.39 is 30.1 Å². The minimum Gasteiger partial charge on any atom is -0.491 e. The van der Waals surface area contributed by atoms with Crippen molar-refractivity contribution >= 4 is 17.7 Å². The number of carboxylic acid groups (broad SMARTS) is 1. The normalized spacial score (nSPS) is 18.9. The van der Waals surface area contributed by atoms with Crippen molar-refractivity contribution in [3.05, 3.63) is 59.9 Å². The predicted molar refractivity (Wildman–Crippen MR) is 151 cm³/mol. The van der Waals surface area contributed by atoms with Crippen LogP contribution in [-0.2, 0) is 4.79 Å². The van der Waals surface area contributed by atoms with Crippen LogP contribution in [0.3, 0.4) is 0 Å². The molecular weight excluding hydrogens is 570 g/mol. The highest BCUT2D eigenvalue weighted by Gasteiger charge is 2.45. The summed E-state index contributed by atoms with van der Waals surface area (Å²) in [6.07, 6.45) is -4.48. The fourth-order valence-corrected chi connectivity index (χ4v) is 5.64. The number of nitrogens with two attached hydrogens (primary N) is 1. The minimum atomic E-state index is -4.78. The highest BCUT2D eigenvalue weighted by molar-refractivity contribution is 5.74. The van der Waals surface area contributed by atoms with Crippen molar-refractivity contribution in [3.8, 4) is 22.8 Å². The van der Waals surface area contributed by atoms with E-state index in [9.17, 15) is 27.5 Å². The smallest absolute Gasteiger partial charge is 0.429 e. The minimum absolute atomic E-state index is 0.114. The van der Waals surface area contributed by atoms with Crippen LogP contribution < -0.4 is 25.4 Å². The standard InChI is InChI=1S/C30H33F4N5O4/c1-2-13-42-23-8-7-20(14-21(23)31)18-3-5-19(6-4-18)26(30(32,33)34)43-25-15-24(37-28(35)38-25)39-11-9-29(10-12-39)16-22(27(40)41)36-17-29/h3-8,14-15,22,26,36H,2,9-13,16-17H2,1H3,(H,40,41)(H2,35,37,38)/t22-,26+/m0/s1. The number of benzene rings is 2. The van der Waals surface area contributed by atoms with Gasteiger partial charge in [-0.05, 0) is 54.4 Å². The number of nitrogen functional groups attached to an aromatic ring is 1. The molecule has 1 aromatic heterocycles. The molecule has 5 rings (SSSR count). The van der Waals surface area contributed by atoms with Crippen molar-refractivity contribution in [1.29, 1.82) is 0 Å². The molecule has 0 unspecified atom stereocenters. The second-order valence-corrected chi connectivity index (χ2v) is 11.0. The molecule has 0 radical (unpaired) electrons. The Morgan fingerprint density at radius 2 is 1.84 bits per heavy atom. The highest BCUT2D eigenvalue weighted by atomic mass is 19.4. The molecule has 2 aliphatic heterocycles. The van der Waals surface area contributed by atoms with Crippen molar-refractivity contribution in [2.45, 2.75) is 50.9 Å². The molecule has 2 saturated heterocycles. The summed E-state index contributed by atoms with van der Waals surface area (Å²) in [7, 11) is 0. The zero-order chi connectivity index (χ0) is 30.8. The number of anilines is 2. The average molecular weight is 604 g/mol. The number of nitrogens with zero attached hydrogens (tertiary/aromatic N) is 3. The van der Waals surface area contributed by atoms with Crippen molar-refractivity contribution in [2.24, 2.45) is 5.41 Å². The number of rotatable bonds is 9. The van der Waals surface area contributed by atoms with Gasteiger partial charge >= 0.3 is 12.1 Å². The van der Waals surface area contributed by atoms with E-state index in [2.05, 4.69) is 15.3 Å². The van der Waals surface area contributed by atoms with E-state index >= 15 is 0 Å². The molecule has 1 spiro atoms. The van der Waals surface area contributed by atoms with Crippen LogP contribution in [0.4, 0.5) is 29.3 Å². The fourth-order valence-electron chi connectivity index (χ4n) is 5.64. The van der Waals surface area contributed by atoms with Crippen molar-refractivity contribution in [1.82, 2.24) is 15.3 Å². The summed E-state index contributed by atoms with van der Waals surface area (Å²) < 4.78 is 67.8. The maximum absolute atomic E-state index is 14.4. The molecule has 2 aliphatic rings. The van der Waals surface area contributed by atoms with Crippen LogP contribution in [0.2, 0.25) is 0 Å². The van der Waals surface area contributed by atoms with Crippen molar-refractivity contribution in [3.63, 3.8) is 0 Å². The third-order valence-electron chi connectivity index (χ3n) is 7.99. The first kappa shape index (κ1) is 30.3. The zero-order valence-corrected chi connectivity index (χ0v) is 23.5. The zero-order valence-electron chi connectivity index (χ0n) is 23.5. The lowest BCUT2D eigenvalue weighted by molar-refractivity contribution is -0.198. The molecule has 230 valence electrons. The number of carbonyl (C=O) groups is 1. The van der Waals surface area contributed by atoms with Gasteiger partial charge in [0.05, 0.1) is 6.61 Å². The van der Waals surface area contributed by atoms with Gasteiger partial charge in [-0.1, -0.05) is 37.3 Å². The highest BCUT2D eigenvalue weighted by Crippen LogP contribution is 2.41. The molecule has 2 fully saturated rings. The number of carboxylic acids is 1. The Bertz CT molecular complexity index is 1450. The first-order valence-corrected chi connectivity index (χ1v) is 14.1. The molecule has 3 aromatic rings. The molecular formula is C30H33F4N5O4. The topological polar surface area (TPSA) is 123 Å². The lowest BCUT2D eigenvalue weighted by atomic mass is 9.76. The lowest BCUT2D eigenvalue weighted by Crippen LogP contribution is -2.41. The summed E-state index contributed by atoms with van der Waals surface area (Å²) in [5, 5.41) is 12.4. The Morgan fingerprint density at radius 3 is 2.44 bits per heavy atom. The van der Waals surface area contributed by atoms with Crippen LogP contribution in [0.1, 0.15) is 44.3 Å².